The van der Waals surface area contributed by atoms with Crippen LogP contribution < -0.4 is 5.32 Å². The Hall–Kier alpha value is -2.61. The smallest absolute Gasteiger partial charge is 0.348 e. The third-order valence-corrected chi connectivity index (χ3v) is 5.13. The fourth-order valence-electron chi connectivity index (χ4n) is 2.71. The number of methoxy groups -OCH3 is 1. The van der Waals surface area contributed by atoms with Crippen LogP contribution in [0.25, 0.3) is 0 Å². The molecule has 8 heteroatoms. The topological polar surface area (TPSA) is 88.9 Å². The van der Waals surface area contributed by atoms with Crippen LogP contribution in [0.1, 0.15) is 42.7 Å². The summed E-state index contributed by atoms with van der Waals surface area (Å²) in [7, 11) is 1.31. The number of likely N-dealkylation sites (tertiary alicyclic amines) is 1. The number of thiophene rings is 1. The Morgan fingerprint density at radius 3 is 2.56 bits per heavy atom. The lowest BCUT2D eigenvalue weighted by Gasteiger charge is -2.31. The standard InChI is InChI=1S/C17H18N2O5S/c1-23-17(22)14-5-4-13(25-14)15(20)18-11-6-8-19(9-7-11)16(21)12-3-2-10-24-12/h2-5,10-11H,6-9H2,1H3,(H,18,20). The van der Waals surface area contributed by atoms with E-state index in [9.17, 15) is 14.4 Å². The average Bonchev–Trinajstić information content (AvgIpc) is 3.33. The Balaban J connectivity index is 1.52. The van der Waals surface area contributed by atoms with Crippen molar-refractivity contribution in [3.63, 3.8) is 0 Å². The van der Waals surface area contributed by atoms with Gasteiger partial charge in [-0.05, 0) is 37.1 Å². The lowest BCUT2D eigenvalue weighted by atomic mass is 10.0. The Morgan fingerprint density at radius 2 is 1.92 bits per heavy atom. The maximum absolute atomic E-state index is 12.3. The second kappa shape index (κ2) is 7.52. The summed E-state index contributed by atoms with van der Waals surface area (Å²) in [5, 5.41) is 2.96. The number of carbonyl (C=O) groups excluding carboxylic acids is 3. The maximum atomic E-state index is 12.3. The van der Waals surface area contributed by atoms with Crippen LogP contribution in [-0.4, -0.2) is 48.9 Å². The van der Waals surface area contributed by atoms with Gasteiger partial charge in [0.2, 0.25) is 0 Å². The molecule has 1 fully saturated rings. The molecule has 0 atom stereocenters. The van der Waals surface area contributed by atoms with E-state index in [4.69, 9.17) is 4.42 Å². The molecule has 1 aliphatic rings. The number of nitrogens with one attached hydrogen (secondary N) is 1. The summed E-state index contributed by atoms with van der Waals surface area (Å²) >= 11 is 1.10. The van der Waals surface area contributed by atoms with E-state index in [2.05, 4.69) is 10.1 Å². The van der Waals surface area contributed by atoms with E-state index in [1.54, 1.807) is 29.2 Å². The van der Waals surface area contributed by atoms with Crippen molar-refractivity contribution in [2.75, 3.05) is 20.2 Å². The van der Waals surface area contributed by atoms with Gasteiger partial charge in [-0.15, -0.1) is 11.3 Å². The number of amides is 2. The van der Waals surface area contributed by atoms with Crippen LogP contribution in [0.3, 0.4) is 0 Å². The third-order valence-electron chi connectivity index (χ3n) is 4.07. The van der Waals surface area contributed by atoms with Gasteiger partial charge in [-0.2, -0.15) is 0 Å². The van der Waals surface area contributed by atoms with Gasteiger partial charge in [0.15, 0.2) is 5.76 Å². The molecule has 7 nitrogen and oxygen atoms in total. The summed E-state index contributed by atoms with van der Waals surface area (Å²) in [6.07, 6.45) is 2.82. The number of furan rings is 1. The number of ether oxygens (including phenoxy) is 1. The molecule has 2 amide bonds. The van der Waals surface area contributed by atoms with E-state index < -0.39 is 5.97 Å². The van der Waals surface area contributed by atoms with Crippen molar-refractivity contribution < 1.29 is 23.5 Å². The van der Waals surface area contributed by atoms with E-state index >= 15 is 0 Å². The van der Waals surface area contributed by atoms with Crippen molar-refractivity contribution in [1.29, 1.82) is 0 Å². The first-order valence-electron chi connectivity index (χ1n) is 7.90. The van der Waals surface area contributed by atoms with Crippen molar-refractivity contribution in [3.05, 3.63) is 46.0 Å². The fourth-order valence-corrected chi connectivity index (χ4v) is 3.54. The van der Waals surface area contributed by atoms with Gasteiger partial charge in [0.1, 0.15) is 4.88 Å². The first-order chi connectivity index (χ1) is 12.1. The summed E-state index contributed by atoms with van der Waals surface area (Å²) in [6, 6.07) is 6.52. The molecule has 0 radical (unpaired) electrons. The normalized spacial score (nSPS) is 15.0. The van der Waals surface area contributed by atoms with Gasteiger partial charge in [-0.1, -0.05) is 0 Å². The minimum atomic E-state index is -0.450. The summed E-state index contributed by atoms with van der Waals surface area (Å²) in [5.74, 6) is -0.461. The van der Waals surface area contributed by atoms with Gasteiger partial charge in [0.25, 0.3) is 11.8 Å². The van der Waals surface area contributed by atoms with Crippen LogP contribution in [0.4, 0.5) is 0 Å². The van der Waals surface area contributed by atoms with Crippen molar-refractivity contribution >= 4 is 29.1 Å². The lowest BCUT2D eigenvalue weighted by molar-refractivity contribution is 0.0605. The Bertz CT molecular complexity index is 760. The van der Waals surface area contributed by atoms with Crippen LogP contribution in [-0.2, 0) is 4.74 Å². The molecule has 0 spiro atoms. The average molecular weight is 362 g/mol. The van der Waals surface area contributed by atoms with E-state index in [-0.39, 0.29) is 17.9 Å². The van der Waals surface area contributed by atoms with Crippen molar-refractivity contribution in [3.8, 4) is 0 Å². The van der Waals surface area contributed by atoms with Crippen LogP contribution in [0.15, 0.2) is 34.9 Å². The monoisotopic (exact) mass is 362 g/mol. The highest BCUT2D eigenvalue weighted by Crippen LogP contribution is 2.19. The number of hydrogen-bond acceptors (Lipinski definition) is 6. The number of piperidine rings is 1. The molecule has 2 aromatic rings. The fraction of sp³-hybridized carbons (Fsp3) is 0.353. The zero-order chi connectivity index (χ0) is 17.8. The molecule has 3 heterocycles. The Morgan fingerprint density at radius 1 is 1.20 bits per heavy atom. The van der Waals surface area contributed by atoms with Crippen LogP contribution in [0.2, 0.25) is 0 Å². The molecule has 0 unspecified atom stereocenters. The minimum absolute atomic E-state index is 0.00294. The molecular weight excluding hydrogens is 344 g/mol. The molecule has 3 rings (SSSR count). The number of esters is 1. The maximum Gasteiger partial charge on any atom is 0.348 e. The SMILES string of the molecule is COC(=O)c1ccc(C(=O)NC2CCN(C(=O)c3ccco3)CC2)s1. The molecule has 25 heavy (non-hydrogen) atoms. The zero-order valence-electron chi connectivity index (χ0n) is 13.7. The van der Waals surface area contributed by atoms with E-state index in [0.29, 0.717) is 41.4 Å². The Labute approximate surface area is 148 Å². The van der Waals surface area contributed by atoms with Crippen LogP contribution >= 0.6 is 11.3 Å². The second-order valence-corrected chi connectivity index (χ2v) is 6.76. The highest BCUT2D eigenvalue weighted by Gasteiger charge is 2.26. The summed E-state index contributed by atoms with van der Waals surface area (Å²) in [4.78, 5) is 38.5. The molecule has 132 valence electrons. The lowest BCUT2D eigenvalue weighted by Crippen LogP contribution is -2.46. The third kappa shape index (κ3) is 3.90. The molecular formula is C17H18N2O5S. The Kier molecular flexibility index (Phi) is 5.18. The number of carbonyl (C=O) groups is 3. The predicted octanol–water partition coefficient (Wildman–Crippen LogP) is 2.16. The van der Waals surface area contributed by atoms with E-state index in [1.807, 2.05) is 0 Å². The molecule has 0 aliphatic carbocycles. The van der Waals surface area contributed by atoms with Crippen LogP contribution in [0, 0.1) is 0 Å². The summed E-state index contributed by atoms with van der Waals surface area (Å²) in [5.41, 5.74) is 0. The molecule has 1 saturated heterocycles. The van der Waals surface area contributed by atoms with Gasteiger partial charge in [0, 0.05) is 19.1 Å². The summed E-state index contributed by atoms with van der Waals surface area (Å²) < 4.78 is 9.77. The number of hydrogen-bond donors (Lipinski definition) is 1. The zero-order valence-corrected chi connectivity index (χ0v) is 14.5. The molecule has 1 N–H and O–H groups in total. The first kappa shape index (κ1) is 17.2. The van der Waals surface area contributed by atoms with Crippen molar-refractivity contribution in [2.24, 2.45) is 0 Å². The number of rotatable bonds is 4. The number of nitrogens with zero attached hydrogens (tertiary/aromatic N) is 1. The molecule has 0 bridgehead atoms. The van der Waals surface area contributed by atoms with Crippen molar-refractivity contribution in [2.45, 2.75) is 18.9 Å². The van der Waals surface area contributed by atoms with Gasteiger partial charge in [-0.25, -0.2) is 4.79 Å². The van der Waals surface area contributed by atoms with E-state index in [0.717, 1.165) is 11.3 Å². The first-order valence-corrected chi connectivity index (χ1v) is 8.72. The molecule has 0 saturated carbocycles. The highest BCUT2D eigenvalue weighted by atomic mass is 32.1. The van der Waals surface area contributed by atoms with Crippen molar-refractivity contribution in [1.82, 2.24) is 10.2 Å². The van der Waals surface area contributed by atoms with Gasteiger partial charge < -0.3 is 19.4 Å². The molecule has 0 aromatic carbocycles. The van der Waals surface area contributed by atoms with Gasteiger partial charge >= 0.3 is 5.97 Å². The predicted molar refractivity (Wildman–Crippen MR) is 90.8 cm³/mol. The van der Waals surface area contributed by atoms with Gasteiger partial charge in [0.05, 0.1) is 18.3 Å². The summed E-state index contributed by atoms with van der Waals surface area (Å²) in [6.45, 7) is 1.12. The highest BCUT2D eigenvalue weighted by molar-refractivity contribution is 7.15. The van der Waals surface area contributed by atoms with Crippen LogP contribution in [0.5, 0.6) is 0 Å². The largest absolute Gasteiger partial charge is 0.465 e. The minimum Gasteiger partial charge on any atom is -0.465 e. The second-order valence-electron chi connectivity index (χ2n) is 5.67. The molecule has 2 aromatic heterocycles. The molecule has 1 aliphatic heterocycles. The van der Waals surface area contributed by atoms with E-state index in [1.165, 1.54) is 13.4 Å². The van der Waals surface area contributed by atoms with Gasteiger partial charge in [-0.3, -0.25) is 9.59 Å². The quantitative estimate of drug-likeness (QED) is 0.842.